The van der Waals surface area contributed by atoms with Crippen molar-refractivity contribution in [2.45, 2.75) is 24.3 Å². The number of hydrogen-bond donors (Lipinski definition) is 3. The van der Waals surface area contributed by atoms with Crippen molar-refractivity contribution in [3.05, 3.63) is 17.5 Å². The van der Waals surface area contributed by atoms with Crippen LogP contribution < -0.4 is 16.9 Å². The quantitative estimate of drug-likeness (QED) is 0.551. The molecule has 2 aromatic rings. The first-order valence-corrected chi connectivity index (χ1v) is 8.17. The van der Waals surface area contributed by atoms with Crippen LogP contribution in [-0.4, -0.2) is 32.1 Å². The van der Waals surface area contributed by atoms with E-state index < -0.39 is 17.2 Å². The lowest BCUT2D eigenvalue weighted by molar-refractivity contribution is -0.120. The fraction of sp³-hybridized carbons (Fsp3) is 0.333. The maximum atomic E-state index is 12.0. The molecule has 118 valence electrons. The molecule has 0 bridgehead atoms. The summed E-state index contributed by atoms with van der Waals surface area (Å²) in [5.41, 5.74) is 4.99. The van der Waals surface area contributed by atoms with E-state index in [1.165, 1.54) is 16.0 Å². The lowest BCUT2D eigenvalue weighted by atomic mass is 10.1. The maximum absolute atomic E-state index is 12.0. The molecule has 0 spiro atoms. The van der Waals surface area contributed by atoms with Gasteiger partial charge in [0.05, 0.1) is 10.1 Å². The van der Waals surface area contributed by atoms with Crippen molar-refractivity contribution in [2.75, 3.05) is 5.84 Å². The molecule has 0 aromatic carbocycles. The Kier molecular flexibility index (Phi) is 5.03. The first kappa shape index (κ1) is 16.3. The topological polar surface area (TPSA) is 129 Å². The van der Waals surface area contributed by atoms with E-state index in [-0.39, 0.29) is 5.92 Å². The molecule has 0 aliphatic rings. The van der Waals surface area contributed by atoms with E-state index in [4.69, 9.17) is 11.6 Å². The van der Waals surface area contributed by atoms with Crippen molar-refractivity contribution in [2.24, 2.45) is 11.7 Å². The van der Waals surface area contributed by atoms with Gasteiger partial charge in [-0.1, -0.05) is 31.7 Å². The van der Waals surface area contributed by atoms with Gasteiger partial charge in [-0.25, -0.2) is 9.47 Å². The van der Waals surface area contributed by atoms with Gasteiger partial charge < -0.3 is 11.6 Å². The minimum atomic E-state index is -0.885. The fourth-order valence-corrected chi connectivity index (χ4v) is 3.39. The average molecular weight is 340 g/mol. The Balaban J connectivity index is 2.21. The van der Waals surface area contributed by atoms with Crippen LogP contribution in [0.2, 0.25) is 0 Å². The van der Waals surface area contributed by atoms with Crippen molar-refractivity contribution >= 4 is 35.0 Å². The summed E-state index contributed by atoms with van der Waals surface area (Å²) in [5.74, 6) is 5.99. The number of nitrogen functional groups attached to an aromatic ring is 1. The number of aromatic nitrogens is 3. The average Bonchev–Trinajstić information content (AvgIpc) is 3.04. The molecule has 8 nitrogen and oxygen atoms in total. The van der Waals surface area contributed by atoms with Gasteiger partial charge in [-0.3, -0.25) is 10.1 Å². The zero-order chi connectivity index (χ0) is 16.3. The van der Waals surface area contributed by atoms with Crippen molar-refractivity contribution in [1.29, 1.82) is 0 Å². The number of urea groups is 1. The molecule has 0 aliphatic carbocycles. The molecule has 22 heavy (non-hydrogen) atoms. The highest BCUT2D eigenvalue weighted by molar-refractivity contribution is 8.00. The lowest BCUT2D eigenvalue weighted by Crippen LogP contribution is -2.42. The summed E-state index contributed by atoms with van der Waals surface area (Å²) in [6.07, 6.45) is 0. The molecule has 2 aromatic heterocycles. The number of thiophene rings is 1. The second kappa shape index (κ2) is 6.79. The van der Waals surface area contributed by atoms with Crippen LogP contribution in [0.15, 0.2) is 22.7 Å². The fourth-order valence-electron chi connectivity index (χ4n) is 1.73. The number of carbonyl (C=O) groups excluding carboxylic acids is 2. The molecule has 0 saturated heterocycles. The van der Waals surface area contributed by atoms with Gasteiger partial charge in [-0.05, 0) is 17.4 Å². The van der Waals surface area contributed by atoms with Gasteiger partial charge in [-0.2, -0.15) is 0 Å². The van der Waals surface area contributed by atoms with Crippen LogP contribution in [0.25, 0.3) is 10.7 Å². The number of nitrogens with one attached hydrogen (secondary N) is 1. The van der Waals surface area contributed by atoms with Crippen molar-refractivity contribution in [1.82, 2.24) is 20.2 Å². The molecule has 0 fully saturated rings. The van der Waals surface area contributed by atoms with E-state index in [1.54, 1.807) is 0 Å². The largest absolute Gasteiger partial charge is 0.351 e. The molecular weight excluding hydrogens is 324 g/mol. The van der Waals surface area contributed by atoms with Gasteiger partial charge in [0.25, 0.3) is 0 Å². The highest BCUT2D eigenvalue weighted by atomic mass is 32.2. The van der Waals surface area contributed by atoms with Crippen molar-refractivity contribution < 1.29 is 9.59 Å². The van der Waals surface area contributed by atoms with Crippen molar-refractivity contribution in [3.8, 4) is 10.7 Å². The Morgan fingerprint density at radius 1 is 1.41 bits per heavy atom. The van der Waals surface area contributed by atoms with Crippen LogP contribution in [0, 0.1) is 5.92 Å². The minimum absolute atomic E-state index is 0.0498. The van der Waals surface area contributed by atoms with E-state index in [9.17, 15) is 9.59 Å². The predicted molar refractivity (Wildman–Crippen MR) is 85.7 cm³/mol. The monoisotopic (exact) mass is 340 g/mol. The molecule has 0 unspecified atom stereocenters. The third-order valence-corrected chi connectivity index (χ3v) is 5.12. The number of thioether (sulfide) groups is 1. The molecule has 2 rings (SSSR count). The van der Waals surface area contributed by atoms with Gasteiger partial charge in [-0.15, -0.1) is 21.5 Å². The summed E-state index contributed by atoms with van der Waals surface area (Å²) in [5, 5.41) is 11.9. The molecular formula is C12H16N6O2S2. The first-order chi connectivity index (χ1) is 10.4. The number of imide groups is 1. The van der Waals surface area contributed by atoms with Crippen LogP contribution in [0.3, 0.4) is 0 Å². The number of nitrogens with two attached hydrogens (primary N) is 2. The summed E-state index contributed by atoms with van der Waals surface area (Å²) < 4.78 is 1.34. The van der Waals surface area contributed by atoms with E-state index in [0.29, 0.717) is 11.0 Å². The smallest absolute Gasteiger partial charge is 0.318 e. The summed E-state index contributed by atoms with van der Waals surface area (Å²) in [6, 6.07) is 2.88. The number of rotatable bonds is 5. The third-order valence-electron chi connectivity index (χ3n) is 2.75. The number of primary amides is 1. The number of amides is 3. The Bertz CT molecular complexity index is 667. The summed E-state index contributed by atoms with van der Waals surface area (Å²) in [4.78, 5) is 23.7. The zero-order valence-electron chi connectivity index (χ0n) is 12.0. The summed E-state index contributed by atoms with van der Waals surface area (Å²) in [7, 11) is 0. The standard InChI is InChI=1S/C12H16N6O2S2/c1-6(2)8(10(19)15-11(13)20)22-12-17-16-9(18(12)14)7-4-3-5-21-7/h3-6,8H,14H2,1-2H3,(H3,13,15,19,20)/t8-/m1/s1. The molecule has 1 atom stereocenters. The van der Waals surface area contributed by atoms with E-state index >= 15 is 0 Å². The SMILES string of the molecule is CC(C)[C@@H](Sc1nnc(-c2cccs2)n1N)C(=O)NC(N)=O. The third kappa shape index (κ3) is 3.57. The molecule has 0 aliphatic heterocycles. The highest BCUT2D eigenvalue weighted by Gasteiger charge is 2.27. The summed E-state index contributed by atoms with van der Waals surface area (Å²) in [6.45, 7) is 3.71. The van der Waals surface area contributed by atoms with Crippen LogP contribution >= 0.6 is 23.1 Å². The molecule has 5 N–H and O–H groups in total. The highest BCUT2D eigenvalue weighted by Crippen LogP contribution is 2.29. The zero-order valence-corrected chi connectivity index (χ0v) is 13.6. The van der Waals surface area contributed by atoms with Gasteiger partial charge in [0, 0.05) is 0 Å². The summed E-state index contributed by atoms with van der Waals surface area (Å²) >= 11 is 2.63. The maximum Gasteiger partial charge on any atom is 0.318 e. The van der Waals surface area contributed by atoms with Crippen molar-refractivity contribution in [3.63, 3.8) is 0 Å². The van der Waals surface area contributed by atoms with E-state index in [1.807, 2.05) is 31.4 Å². The Morgan fingerprint density at radius 2 is 2.14 bits per heavy atom. The second-order valence-electron chi connectivity index (χ2n) is 4.79. The van der Waals surface area contributed by atoms with Gasteiger partial charge in [0.15, 0.2) is 5.82 Å². The van der Waals surface area contributed by atoms with E-state index in [0.717, 1.165) is 16.6 Å². The number of hydrogen-bond acceptors (Lipinski definition) is 7. The van der Waals surface area contributed by atoms with E-state index in [2.05, 4.69) is 15.5 Å². The van der Waals surface area contributed by atoms with Crippen LogP contribution in [-0.2, 0) is 4.79 Å². The Morgan fingerprint density at radius 3 is 2.68 bits per heavy atom. The molecule has 10 heteroatoms. The Hall–Kier alpha value is -2.07. The lowest BCUT2D eigenvalue weighted by Gasteiger charge is -2.17. The Labute approximate surface area is 135 Å². The minimum Gasteiger partial charge on any atom is -0.351 e. The number of carbonyl (C=O) groups is 2. The van der Waals surface area contributed by atoms with Crippen LogP contribution in [0.5, 0.6) is 0 Å². The van der Waals surface area contributed by atoms with Crippen LogP contribution in [0.1, 0.15) is 13.8 Å². The number of nitrogens with zero attached hydrogens (tertiary/aromatic N) is 3. The molecule has 3 amide bonds. The molecule has 2 heterocycles. The van der Waals surface area contributed by atoms with Gasteiger partial charge in [0.2, 0.25) is 11.1 Å². The van der Waals surface area contributed by atoms with Gasteiger partial charge in [0.1, 0.15) is 0 Å². The first-order valence-electron chi connectivity index (χ1n) is 6.41. The molecule has 0 radical (unpaired) electrons. The predicted octanol–water partition coefficient (Wildman–Crippen LogP) is 1.03. The van der Waals surface area contributed by atoms with Gasteiger partial charge >= 0.3 is 6.03 Å². The second-order valence-corrected chi connectivity index (χ2v) is 6.85. The molecule has 0 saturated carbocycles. The normalized spacial score (nSPS) is 12.3. The van der Waals surface area contributed by atoms with Crippen LogP contribution in [0.4, 0.5) is 4.79 Å².